The highest BCUT2D eigenvalue weighted by Crippen LogP contribution is 2.41. The van der Waals surface area contributed by atoms with Crippen LogP contribution in [0.3, 0.4) is 0 Å². The summed E-state index contributed by atoms with van der Waals surface area (Å²) in [6, 6.07) is 13.6. The molecule has 0 aliphatic heterocycles. The van der Waals surface area contributed by atoms with Crippen molar-refractivity contribution >= 4 is 16.6 Å². The lowest BCUT2D eigenvalue weighted by molar-refractivity contribution is 0.0490. The van der Waals surface area contributed by atoms with E-state index in [0.717, 1.165) is 37.9 Å². The van der Waals surface area contributed by atoms with Crippen molar-refractivity contribution in [3.8, 4) is 5.75 Å². The topological polar surface area (TPSA) is 47.9 Å². The molecular weight excluding hydrogens is 493 g/mol. The fourth-order valence-electron chi connectivity index (χ4n) is 5.29. The molecule has 0 fully saturated rings. The molecule has 1 aromatic rings. The highest BCUT2D eigenvalue weighted by atomic mass is 28.4. The normalized spacial score (nSPS) is 20.5. The molecule has 0 amide bonds. The Hall–Kier alpha value is -0.926. The minimum Gasteiger partial charge on any atom is -0.488 e. The molecule has 1 aliphatic rings. The van der Waals surface area contributed by atoms with Crippen LogP contribution in [-0.4, -0.2) is 46.7 Å². The summed E-state index contributed by atoms with van der Waals surface area (Å²) in [5, 5.41) is 9.76. The number of aliphatic hydroxyl groups is 1. The van der Waals surface area contributed by atoms with Crippen LogP contribution in [0.5, 0.6) is 5.75 Å². The predicted molar refractivity (Wildman–Crippen MR) is 162 cm³/mol. The third-order valence-electron chi connectivity index (χ3n) is 9.10. The maximum absolute atomic E-state index is 9.62. The van der Waals surface area contributed by atoms with Gasteiger partial charge >= 0.3 is 0 Å². The molecule has 37 heavy (non-hydrogen) atoms. The second-order valence-corrected chi connectivity index (χ2v) is 22.0. The molecule has 0 bridgehead atoms. The van der Waals surface area contributed by atoms with Gasteiger partial charge in [-0.1, -0.05) is 71.4 Å². The van der Waals surface area contributed by atoms with Crippen molar-refractivity contribution in [2.24, 2.45) is 5.92 Å². The van der Waals surface area contributed by atoms with Crippen molar-refractivity contribution in [2.75, 3.05) is 6.61 Å². The molecule has 1 N–H and O–H groups in total. The van der Waals surface area contributed by atoms with Gasteiger partial charge < -0.3 is 18.7 Å². The Labute approximate surface area is 230 Å². The molecule has 6 heteroatoms. The zero-order valence-electron chi connectivity index (χ0n) is 25.3. The van der Waals surface area contributed by atoms with Crippen LogP contribution in [0.2, 0.25) is 36.3 Å². The van der Waals surface area contributed by atoms with E-state index < -0.39 is 16.6 Å². The Bertz CT molecular complexity index is 806. The Kier molecular flexibility index (Phi) is 12.6. The third-order valence-corrected chi connectivity index (χ3v) is 18.3. The van der Waals surface area contributed by atoms with Gasteiger partial charge in [0.05, 0.1) is 12.2 Å². The van der Waals surface area contributed by atoms with Crippen LogP contribution in [0.1, 0.15) is 80.6 Å². The van der Waals surface area contributed by atoms with Crippen LogP contribution in [0.25, 0.3) is 0 Å². The highest BCUT2D eigenvalue weighted by Gasteiger charge is 2.42. The largest absolute Gasteiger partial charge is 0.488 e. The van der Waals surface area contributed by atoms with Crippen LogP contribution in [0.15, 0.2) is 42.0 Å². The smallest absolute Gasteiger partial charge is 0.192 e. The van der Waals surface area contributed by atoms with Crippen molar-refractivity contribution in [3.05, 3.63) is 42.0 Å². The number of para-hydroxylation sites is 1. The molecule has 4 nitrogen and oxygen atoms in total. The van der Waals surface area contributed by atoms with E-state index >= 15 is 0 Å². The van der Waals surface area contributed by atoms with Gasteiger partial charge in [0.15, 0.2) is 16.6 Å². The van der Waals surface area contributed by atoms with Crippen LogP contribution in [0, 0.1) is 5.92 Å². The summed E-state index contributed by atoms with van der Waals surface area (Å²) in [4.78, 5) is 0. The van der Waals surface area contributed by atoms with Crippen LogP contribution >= 0.6 is 0 Å². The van der Waals surface area contributed by atoms with Crippen molar-refractivity contribution < 1.29 is 18.7 Å². The van der Waals surface area contributed by atoms with Gasteiger partial charge in [-0.3, -0.25) is 0 Å². The zero-order chi connectivity index (χ0) is 27.7. The second kappa shape index (κ2) is 14.5. The molecule has 4 atom stereocenters. The van der Waals surface area contributed by atoms with Gasteiger partial charge in [-0.15, -0.1) is 0 Å². The number of hydrogen-bond donors (Lipinski definition) is 1. The second-order valence-electron chi connectivity index (χ2n) is 12.5. The molecule has 1 aromatic carbocycles. The number of aliphatic hydroxyl groups excluding tert-OH is 1. The van der Waals surface area contributed by atoms with E-state index in [4.69, 9.17) is 13.6 Å². The standard InChI is InChI=1S/C31H56O4Si2/c1-10-37(11-2,12-3)35-30-23-21-26(28(30)19-16-24-32)20-22-29(34-36(8,9)31(5,6)7)25(4)33-27-17-14-13-15-18-27/h13-15,17-18,21,25,28-30,32H,10-12,16,19-20,22-24H2,1-9H3/t25?,28-,29?,30+/m1/s1. The summed E-state index contributed by atoms with van der Waals surface area (Å²) < 4.78 is 20.4. The lowest BCUT2D eigenvalue weighted by Crippen LogP contribution is -2.47. The summed E-state index contributed by atoms with van der Waals surface area (Å²) in [5.74, 6) is 1.30. The first-order valence-corrected chi connectivity index (χ1v) is 20.2. The SMILES string of the molecule is CC[Si](CC)(CC)O[C@H]1CC=C(CCC(O[Si](C)(C)C(C)(C)C)C(C)Oc2ccccc2)[C@H]1CCCO. The molecule has 0 heterocycles. The van der Waals surface area contributed by atoms with E-state index in [1.165, 1.54) is 23.7 Å². The minimum absolute atomic E-state index is 0.0239. The van der Waals surface area contributed by atoms with Gasteiger partial charge in [0, 0.05) is 12.5 Å². The molecule has 0 saturated heterocycles. The van der Waals surface area contributed by atoms with Crippen LogP contribution in [0.4, 0.5) is 0 Å². The van der Waals surface area contributed by atoms with Gasteiger partial charge in [-0.05, 0) is 87.4 Å². The fourth-order valence-corrected chi connectivity index (χ4v) is 9.61. The van der Waals surface area contributed by atoms with Crippen molar-refractivity contribution in [1.82, 2.24) is 0 Å². The lowest BCUT2D eigenvalue weighted by Gasteiger charge is -2.41. The summed E-state index contributed by atoms with van der Waals surface area (Å²) in [5.41, 5.74) is 1.50. The van der Waals surface area contributed by atoms with E-state index in [1.54, 1.807) is 0 Å². The van der Waals surface area contributed by atoms with Crippen LogP contribution in [-0.2, 0) is 8.85 Å². The minimum atomic E-state index is -1.97. The molecule has 0 spiro atoms. The average Bonchev–Trinajstić information content (AvgIpc) is 3.24. The fraction of sp³-hybridized carbons (Fsp3) is 0.742. The molecule has 1 aliphatic carbocycles. The summed E-state index contributed by atoms with van der Waals surface area (Å²) in [6.45, 7) is 20.9. The Morgan fingerprint density at radius 3 is 2.19 bits per heavy atom. The highest BCUT2D eigenvalue weighted by molar-refractivity contribution is 6.74. The van der Waals surface area contributed by atoms with Crippen LogP contribution < -0.4 is 4.74 Å². The number of benzene rings is 1. The van der Waals surface area contributed by atoms with E-state index in [1.807, 2.05) is 30.3 Å². The summed E-state index contributed by atoms with van der Waals surface area (Å²) in [7, 11) is -3.66. The zero-order valence-corrected chi connectivity index (χ0v) is 27.3. The van der Waals surface area contributed by atoms with E-state index in [9.17, 15) is 5.11 Å². The first-order chi connectivity index (χ1) is 17.4. The molecule has 0 saturated carbocycles. The lowest BCUT2D eigenvalue weighted by atomic mass is 9.90. The van der Waals surface area contributed by atoms with E-state index in [0.29, 0.717) is 5.92 Å². The predicted octanol–water partition coefficient (Wildman–Crippen LogP) is 8.73. The monoisotopic (exact) mass is 548 g/mol. The van der Waals surface area contributed by atoms with Crippen molar-refractivity contribution in [2.45, 2.75) is 135 Å². The number of hydrogen-bond acceptors (Lipinski definition) is 4. The van der Waals surface area contributed by atoms with Gasteiger partial charge in [0.1, 0.15) is 11.9 Å². The molecule has 0 radical (unpaired) electrons. The Morgan fingerprint density at radius 1 is 1.03 bits per heavy atom. The van der Waals surface area contributed by atoms with Gasteiger partial charge in [0.2, 0.25) is 0 Å². The number of rotatable bonds is 16. The maximum atomic E-state index is 9.62. The number of ether oxygens (including phenoxy) is 1. The van der Waals surface area contributed by atoms with Gasteiger partial charge in [-0.25, -0.2) is 0 Å². The molecule has 212 valence electrons. The quantitative estimate of drug-likeness (QED) is 0.166. The maximum Gasteiger partial charge on any atom is 0.192 e. The van der Waals surface area contributed by atoms with E-state index in [-0.39, 0.29) is 30.0 Å². The first kappa shape index (κ1) is 32.3. The van der Waals surface area contributed by atoms with Gasteiger partial charge in [0.25, 0.3) is 0 Å². The average molecular weight is 549 g/mol. The Balaban J connectivity index is 2.19. The third kappa shape index (κ3) is 9.06. The molecular formula is C31H56O4Si2. The van der Waals surface area contributed by atoms with Gasteiger partial charge in [-0.2, -0.15) is 0 Å². The van der Waals surface area contributed by atoms with Crippen molar-refractivity contribution in [3.63, 3.8) is 0 Å². The van der Waals surface area contributed by atoms with E-state index in [2.05, 4.69) is 67.6 Å². The molecule has 2 rings (SSSR count). The molecule has 0 aromatic heterocycles. The summed E-state index contributed by atoms with van der Waals surface area (Å²) >= 11 is 0. The first-order valence-electron chi connectivity index (χ1n) is 14.8. The van der Waals surface area contributed by atoms with Crippen molar-refractivity contribution in [1.29, 1.82) is 0 Å². The summed E-state index contributed by atoms with van der Waals surface area (Å²) in [6.07, 6.45) is 7.46. The Morgan fingerprint density at radius 2 is 1.65 bits per heavy atom. The molecule has 2 unspecified atom stereocenters.